The summed E-state index contributed by atoms with van der Waals surface area (Å²) in [5, 5.41) is 7.22. The van der Waals surface area contributed by atoms with E-state index in [1.165, 1.54) is 5.56 Å². The van der Waals surface area contributed by atoms with Crippen LogP contribution in [0.25, 0.3) is 0 Å². The maximum Gasteiger partial charge on any atom is 0.322 e. The molecule has 114 valence electrons. The van der Waals surface area contributed by atoms with Gasteiger partial charge in [-0.3, -0.25) is 19.5 Å². The number of carbonyl (C=O) groups excluding carboxylic acids is 1. The lowest BCUT2D eigenvalue weighted by molar-refractivity contribution is 0.0908. The fourth-order valence-electron chi connectivity index (χ4n) is 2.97. The summed E-state index contributed by atoms with van der Waals surface area (Å²) >= 11 is 0. The average Bonchev–Trinajstić information content (AvgIpc) is 3.12. The van der Waals surface area contributed by atoms with Crippen molar-refractivity contribution in [2.75, 3.05) is 31.1 Å². The van der Waals surface area contributed by atoms with Gasteiger partial charge in [-0.1, -0.05) is 6.07 Å². The fourth-order valence-corrected chi connectivity index (χ4v) is 2.97. The number of pyridine rings is 1. The van der Waals surface area contributed by atoms with E-state index in [1.807, 2.05) is 23.1 Å². The monoisotopic (exact) mass is 298 g/mol. The van der Waals surface area contributed by atoms with Crippen LogP contribution in [0.3, 0.4) is 0 Å². The molecule has 4 rings (SSSR count). The minimum Gasteiger partial charge on any atom is -0.336 e. The van der Waals surface area contributed by atoms with Crippen LogP contribution in [0.15, 0.2) is 36.9 Å². The third-order valence-corrected chi connectivity index (χ3v) is 4.20. The summed E-state index contributed by atoms with van der Waals surface area (Å²) in [4.78, 5) is 19.9. The number of likely N-dealkylation sites (tertiary alicyclic amines) is 1. The van der Waals surface area contributed by atoms with E-state index in [2.05, 4.69) is 26.4 Å². The summed E-state index contributed by atoms with van der Waals surface area (Å²) in [5.41, 5.74) is 2.11. The molecule has 0 radical (unpaired) electrons. The van der Waals surface area contributed by atoms with Crippen molar-refractivity contribution >= 4 is 11.7 Å². The Bertz CT molecular complexity index is 664. The summed E-state index contributed by atoms with van der Waals surface area (Å²) in [6.07, 6.45) is 7.44. The molecule has 2 aromatic rings. The third-order valence-electron chi connectivity index (χ3n) is 4.20. The molecule has 0 atom stereocenters. The lowest BCUT2D eigenvalue weighted by Crippen LogP contribution is -2.47. The van der Waals surface area contributed by atoms with E-state index in [0.29, 0.717) is 19.1 Å². The molecule has 2 saturated heterocycles. The van der Waals surface area contributed by atoms with Crippen molar-refractivity contribution in [2.45, 2.75) is 12.6 Å². The van der Waals surface area contributed by atoms with Gasteiger partial charge < -0.3 is 5.32 Å². The quantitative estimate of drug-likeness (QED) is 0.909. The molecule has 7 heteroatoms. The molecule has 2 aliphatic heterocycles. The van der Waals surface area contributed by atoms with Crippen LogP contribution in [0, 0.1) is 0 Å². The molecule has 22 heavy (non-hydrogen) atoms. The van der Waals surface area contributed by atoms with Crippen LogP contribution in [0.1, 0.15) is 11.6 Å². The Hall–Kier alpha value is -2.41. The predicted molar refractivity (Wildman–Crippen MR) is 81.5 cm³/mol. The Balaban J connectivity index is 1.35. The number of urea groups is 1. The van der Waals surface area contributed by atoms with Crippen molar-refractivity contribution in [3.05, 3.63) is 42.5 Å². The zero-order valence-electron chi connectivity index (χ0n) is 12.2. The van der Waals surface area contributed by atoms with Gasteiger partial charge in [-0.25, -0.2) is 4.79 Å². The minimum atomic E-state index is -0.0358. The van der Waals surface area contributed by atoms with E-state index < -0.39 is 0 Å². The van der Waals surface area contributed by atoms with E-state index in [9.17, 15) is 4.79 Å². The Morgan fingerprint density at radius 2 is 2.23 bits per heavy atom. The SMILES string of the molecule is O=C1NCCN1c1cnn(C2CN(Cc3cccnc3)C2)c1. The molecule has 0 aromatic carbocycles. The molecule has 7 nitrogen and oxygen atoms in total. The van der Waals surface area contributed by atoms with Gasteiger partial charge in [0.25, 0.3) is 0 Å². The van der Waals surface area contributed by atoms with E-state index in [4.69, 9.17) is 0 Å². The molecule has 0 aliphatic carbocycles. The van der Waals surface area contributed by atoms with Gasteiger partial charge in [0, 0.05) is 51.3 Å². The van der Waals surface area contributed by atoms with Gasteiger partial charge in [-0.05, 0) is 11.6 Å². The van der Waals surface area contributed by atoms with Crippen LogP contribution in [0.2, 0.25) is 0 Å². The van der Waals surface area contributed by atoms with Gasteiger partial charge in [0.2, 0.25) is 0 Å². The number of carbonyl (C=O) groups is 1. The molecular weight excluding hydrogens is 280 g/mol. The van der Waals surface area contributed by atoms with Crippen molar-refractivity contribution in [1.82, 2.24) is 25.0 Å². The summed E-state index contributed by atoms with van der Waals surface area (Å²) in [5.74, 6) is 0. The third kappa shape index (κ3) is 2.43. The maximum absolute atomic E-state index is 11.7. The van der Waals surface area contributed by atoms with Gasteiger partial charge in [-0.15, -0.1) is 0 Å². The Labute approximate surface area is 128 Å². The second-order valence-corrected chi connectivity index (χ2v) is 5.77. The summed E-state index contributed by atoms with van der Waals surface area (Å²) in [6.45, 7) is 4.28. The number of aromatic nitrogens is 3. The van der Waals surface area contributed by atoms with Crippen molar-refractivity contribution in [3.63, 3.8) is 0 Å². The molecule has 0 saturated carbocycles. The van der Waals surface area contributed by atoms with Crippen LogP contribution in [0.5, 0.6) is 0 Å². The fraction of sp³-hybridized carbons (Fsp3) is 0.400. The Morgan fingerprint density at radius 1 is 1.32 bits per heavy atom. The van der Waals surface area contributed by atoms with Crippen molar-refractivity contribution < 1.29 is 4.79 Å². The van der Waals surface area contributed by atoms with Gasteiger partial charge in [-0.2, -0.15) is 5.10 Å². The number of amides is 2. The zero-order chi connectivity index (χ0) is 14.9. The zero-order valence-corrected chi connectivity index (χ0v) is 12.2. The van der Waals surface area contributed by atoms with Gasteiger partial charge in [0.15, 0.2) is 0 Å². The van der Waals surface area contributed by atoms with E-state index >= 15 is 0 Å². The lowest BCUT2D eigenvalue weighted by atomic mass is 10.1. The van der Waals surface area contributed by atoms with Gasteiger partial charge >= 0.3 is 6.03 Å². The summed E-state index contributed by atoms with van der Waals surface area (Å²) in [7, 11) is 0. The van der Waals surface area contributed by atoms with Crippen molar-refractivity contribution in [1.29, 1.82) is 0 Å². The molecule has 0 bridgehead atoms. The first kappa shape index (κ1) is 13.3. The summed E-state index contributed by atoms with van der Waals surface area (Å²) in [6, 6.07) is 4.41. The highest BCUT2D eigenvalue weighted by atomic mass is 16.2. The predicted octanol–water partition coefficient (Wildman–Crippen LogP) is 0.865. The molecule has 2 amide bonds. The Kier molecular flexibility index (Phi) is 3.27. The van der Waals surface area contributed by atoms with Crippen LogP contribution in [-0.2, 0) is 6.54 Å². The number of anilines is 1. The van der Waals surface area contributed by atoms with Gasteiger partial charge in [0.05, 0.1) is 17.9 Å². The standard InChI is InChI=1S/C15H18N6O/c22-15-17-4-5-20(15)13-7-18-21(11-13)14-9-19(10-14)8-12-2-1-3-16-6-12/h1-3,6-7,11,14H,4-5,8-10H2,(H,17,22). The highest BCUT2D eigenvalue weighted by Crippen LogP contribution is 2.25. The first-order valence-electron chi connectivity index (χ1n) is 7.50. The number of rotatable bonds is 4. The molecular formula is C15H18N6O. The Morgan fingerprint density at radius 3 is 2.95 bits per heavy atom. The molecule has 0 spiro atoms. The smallest absolute Gasteiger partial charge is 0.322 e. The highest BCUT2D eigenvalue weighted by Gasteiger charge is 2.30. The van der Waals surface area contributed by atoms with Crippen LogP contribution in [-0.4, -0.2) is 51.9 Å². The second-order valence-electron chi connectivity index (χ2n) is 5.77. The molecule has 2 fully saturated rings. The molecule has 2 aromatic heterocycles. The van der Waals surface area contributed by atoms with Crippen LogP contribution in [0.4, 0.5) is 10.5 Å². The minimum absolute atomic E-state index is 0.0358. The average molecular weight is 298 g/mol. The molecule has 4 heterocycles. The molecule has 1 N–H and O–H groups in total. The van der Waals surface area contributed by atoms with Gasteiger partial charge in [0.1, 0.15) is 0 Å². The topological polar surface area (TPSA) is 66.3 Å². The lowest BCUT2D eigenvalue weighted by Gasteiger charge is -2.39. The molecule has 2 aliphatic rings. The molecule has 0 unspecified atom stereocenters. The van der Waals surface area contributed by atoms with Crippen LogP contribution < -0.4 is 10.2 Å². The van der Waals surface area contributed by atoms with E-state index in [0.717, 1.165) is 25.3 Å². The normalized spacial score (nSPS) is 19.3. The first-order valence-corrected chi connectivity index (χ1v) is 7.50. The number of nitrogens with one attached hydrogen (secondary N) is 1. The highest BCUT2D eigenvalue weighted by molar-refractivity contribution is 5.93. The first-order chi connectivity index (χ1) is 10.8. The van der Waals surface area contributed by atoms with E-state index in [1.54, 1.807) is 17.3 Å². The van der Waals surface area contributed by atoms with Crippen LogP contribution >= 0.6 is 0 Å². The van der Waals surface area contributed by atoms with Crippen molar-refractivity contribution in [3.8, 4) is 0 Å². The number of hydrogen-bond donors (Lipinski definition) is 1. The maximum atomic E-state index is 11.7. The largest absolute Gasteiger partial charge is 0.336 e. The number of nitrogens with zero attached hydrogens (tertiary/aromatic N) is 5. The number of hydrogen-bond acceptors (Lipinski definition) is 4. The second kappa shape index (κ2) is 5.42. The summed E-state index contributed by atoms with van der Waals surface area (Å²) < 4.78 is 1.97. The van der Waals surface area contributed by atoms with Crippen molar-refractivity contribution in [2.24, 2.45) is 0 Å². The van der Waals surface area contributed by atoms with E-state index in [-0.39, 0.29) is 6.03 Å².